The fraction of sp³-hybridized carbons (Fsp3) is 0.333. The predicted molar refractivity (Wildman–Crippen MR) is 51.1 cm³/mol. The molecule has 1 N–H and O–H groups in total. The third kappa shape index (κ3) is 4.16. The van der Waals surface area contributed by atoms with Crippen molar-refractivity contribution in [2.75, 3.05) is 6.61 Å². The quantitative estimate of drug-likeness (QED) is 0.684. The molecule has 0 atom stereocenters. The van der Waals surface area contributed by atoms with Crippen LogP contribution < -0.4 is 0 Å². The molecule has 4 heteroatoms. The topological polar surface area (TPSA) is 20.2 Å². The summed E-state index contributed by atoms with van der Waals surface area (Å²) in [5.74, 6) is 0. The molecule has 0 aromatic heterocycles. The number of halogens is 3. The molecule has 0 amide bonds. The van der Waals surface area contributed by atoms with Gasteiger partial charge >= 0.3 is 0 Å². The number of hydrogen-bond donors (Lipinski definition) is 1. The van der Waals surface area contributed by atoms with E-state index in [1.54, 1.807) is 0 Å². The van der Waals surface area contributed by atoms with Crippen molar-refractivity contribution in [3.8, 4) is 0 Å². The van der Waals surface area contributed by atoms with Gasteiger partial charge in [-0.3, -0.25) is 0 Å². The standard InChI is InChI=1S/C3H3BrI2O/c4-3(6)2(5)1-7/h7H,1H2/b3-2+. The molecule has 0 saturated carbocycles. The minimum Gasteiger partial charge on any atom is -0.391 e. The van der Waals surface area contributed by atoms with E-state index in [1.807, 2.05) is 0 Å². The molecular formula is C3H3BrI2O. The van der Waals surface area contributed by atoms with Gasteiger partial charge in [0.2, 0.25) is 0 Å². The second-order valence-corrected chi connectivity index (χ2v) is 5.48. The van der Waals surface area contributed by atoms with Crippen molar-refractivity contribution in [1.29, 1.82) is 0 Å². The Kier molecular flexibility index (Phi) is 5.57. The van der Waals surface area contributed by atoms with E-state index >= 15 is 0 Å². The van der Waals surface area contributed by atoms with Crippen molar-refractivity contribution in [3.63, 3.8) is 0 Å². The molecule has 0 heterocycles. The summed E-state index contributed by atoms with van der Waals surface area (Å²) in [7, 11) is 0. The highest BCUT2D eigenvalue weighted by Gasteiger charge is 1.90. The van der Waals surface area contributed by atoms with Gasteiger partial charge < -0.3 is 5.11 Å². The lowest BCUT2D eigenvalue weighted by Crippen LogP contribution is -1.77. The Morgan fingerprint density at radius 1 is 1.57 bits per heavy atom. The van der Waals surface area contributed by atoms with Gasteiger partial charge in [0.25, 0.3) is 0 Å². The van der Waals surface area contributed by atoms with Crippen LogP contribution in [0.5, 0.6) is 0 Å². The molecule has 0 aliphatic carbocycles. The molecule has 0 radical (unpaired) electrons. The summed E-state index contributed by atoms with van der Waals surface area (Å²) in [6.45, 7) is 0.129. The van der Waals surface area contributed by atoms with Crippen molar-refractivity contribution in [1.82, 2.24) is 0 Å². The first-order valence-corrected chi connectivity index (χ1v) is 4.44. The van der Waals surface area contributed by atoms with Gasteiger partial charge in [-0.05, 0) is 61.1 Å². The maximum absolute atomic E-state index is 8.41. The van der Waals surface area contributed by atoms with Crippen LogP contribution in [0.3, 0.4) is 0 Å². The van der Waals surface area contributed by atoms with Crippen LogP contribution >= 0.6 is 61.1 Å². The fourth-order valence-corrected chi connectivity index (χ4v) is 0.356. The van der Waals surface area contributed by atoms with E-state index in [0.29, 0.717) is 0 Å². The van der Waals surface area contributed by atoms with Gasteiger partial charge in [0.15, 0.2) is 0 Å². The third-order valence-electron chi connectivity index (χ3n) is 0.344. The zero-order valence-corrected chi connectivity index (χ0v) is 9.19. The average molecular weight is 389 g/mol. The lowest BCUT2D eigenvalue weighted by molar-refractivity contribution is 0.341. The molecule has 7 heavy (non-hydrogen) atoms. The zero-order valence-electron chi connectivity index (χ0n) is 3.29. The molecule has 1 nitrogen and oxygen atoms in total. The normalized spacial score (nSPS) is 13.7. The maximum Gasteiger partial charge on any atom is 0.0754 e. The predicted octanol–water partition coefficient (Wildman–Crippen LogP) is 2.41. The van der Waals surface area contributed by atoms with Crippen LogP contribution in [-0.4, -0.2) is 11.7 Å². The van der Waals surface area contributed by atoms with E-state index in [-0.39, 0.29) is 6.61 Å². The SMILES string of the molecule is OC/C(I)=C(/Br)I. The summed E-state index contributed by atoms with van der Waals surface area (Å²) in [4.78, 5) is 0. The lowest BCUT2D eigenvalue weighted by atomic mass is 10.7. The van der Waals surface area contributed by atoms with Gasteiger partial charge in [0.05, 0.1) is 9.10 Å². The number of hydrogen-bond acceptors (Lipinski definition) is 1. The number of rotatable bonds is 1. The Morgan fingerprint density at radius 2 is 2.00 bits per heavy atom. The summed E-state index contributed by atoms with van der Waals surface area (Å²) in [6, 6.07) is 0. The first kappa shape index (κ1) is 8.64. The summed E-state index contributed by atoms with van der Waals surface area (Å²) in [5.41, 5.74) is 0. The molecule has 0 bridgehead atoms. The van der Waals surface area contributed by atoms with Gasteiger partial charge in [0, 0.05) is 3.58 Å². The van der Waals surface area contributed by atoms with Crippen molar-refractivity contribution in [3.05, 3.63) is 6.07 Å². The van der Waals surface area contributed by atoms with Crippen LogP contribution in [-0.2, 0) is 0 Å². The van der Waals surface area contributed by atoms with Crippen LogP contribution in [0.2, 0.25) is 0 Å². The summed E-state index contributed by atoms with van der Waals surface area (Å²) in [6.07, 6.45) is 0. The van der Waals surface area contributed by atoms with E-state index in [0.717, 1.165) is 6.07 Å². The Balaban J connectivity index is 3.72. The first-order chi connectivity index (χ1) is 3.18. The largest absolute Gasteiger partial charge is 0.391 e. The van der Waals surface area contributed by atoms with E-state index in [2.05, 4.69) is 61.1 Å². The van der Waals surface area contributed by atoms with E-state index in [9.17, 15) is 0 Å². The third-order valence-corrected chi connectivity index (χ3v) is 4.13. The summed E-state index contributed by atoms with van der Waals surface area (Å²) < 4.78 is 1.92. The molecule has 0 unspecified atom stereocenters. The van der Waals surface area contributed by atoms with E-state index in [4.69, 9.17) is 5.11 Å². The number of aliphatic hydroxyl groups is 1. The smallest absolute Gasteiger partial charge is 0.0754 e. The van der Waals surface area contributed by atoms with Crippen molar-refractivity contribution < 1.29 is 5.11 Å². The highest BCUT2D eigenvalue weighted by atomic mass is 127. The Hall–Kier alpha value is 1.64. The van der Waals surface area contributed by atoms with Crippen LogP contribution in [0.25, 0.3) is 0 Å². The molecule has 0 aromatic carbocycles. The molecule has 0 fully saturated rings. The molecule has 0 aliphatic heterocycles. The van der Waals surface area contributed by atoms with Gasteiger partial charge in [0.1, 0.15) is 0 Å². The van der Waals surface area contributed by atoms with Crippen molar-refractivity contribution >= 4 is 61.1 Å². The molecule has 0 aromatic rings. The molecule has 0 saturated heterocycles. The van der Waals surface area contributed by atoms with Crippen molar-refractivity contribution in [2.24, 2.45) is 0 Å². The first-order valence-electron chi connectivity index (χ1n) is 1.49. The molecule has 0 rings (SSSR count). The zero-order chi connectivity index (χ0) is 5.86. The van der Waals surface area contributed by atoms with Crippen LogP contribution in [0, 0.1) is 0 Å². The van der Waals surface area contributed by atoms with E-state index in [1.165, 1.54) is 0 Å². The second-order valence-electron chi connectivity index (χ2n) is 0.823. The van der Waals surface area contributed by atoms with Gasteiger partial charge in [-0.2, -0.15) is 0 Å². The number of aliphatic hydroxyl groups excluding tert-OH is 1. The minimum absolute atomic E-state index is 0.129. The van der Waals surface area contributed by atoms with E-state index < -0.39 is 0 Å². The Bertz CT molecular complexity index is 86.9. The second kappa shape index (κ2) is 4.51. The maximum atomic E-state index is 8.41. The molecule has 0 aliphatic rings. The summed E-state index contributed by atoms with van der Waals surface area (Å²) >= 11 is 7.37. The Morgan fingerprint density at radius 3 is 2.00 bits per heavy atom. The van der Waals surface area contributed by atoms with Gasteiger partial charge in [-0.25, -0.2) is 0 Å². The molecular weight excluding hydrogens is 386 g/mol. The highest BCUT2D eigenvalue weighted by Crippen LogP contribution is 2.23. The van der Waals surface area contributed by atoms with Crippen LogP contribution in [0.4, 0.5) is 0 Å². The highest BCUT2D eigenvalue weighted by molar-refractivity contribution is 14.1. The molecule has 0 spiro atoms. The van der Waals surface area contributed by atoms with Crippen molar-refractivity contribution in [2.45, 2.75) is 0 Å². The lowest BCUT2D eigenvalue weighted by Gasteiger charge is -1.88. The monoisotopic (exact) mass is 388 g/mol. The average Bonchev–Trinajstić information content (AvgIpc) is 1.65. The summed E-state index contributed by atoms with van der Waals surface area (Å²) in [5, 5.41) is 8.41. The minimum atomic E-state index is 0.129. The van der Waals surface area contributed by atoms with Crippen LogP contribution in [0.1, 0.15) is 0 Å². The van der Waals surface area contributed by atoms with Crippen LogP contribution in [0.15, 0.2) is 6.07 Å². The molecule has 42 valence electrons. The van der Waals surface area contributed by atoms with Gasteiger partial charge in [-0.1, -0.05) is 0 Å². The fourth-order valence-electron chi connectivity index (χ4n) is 0.0598. The Labute approximate surface area is 78.0 Å². The van der Waals surface area contributed by atoms with Gasteiger partial charge in [-0.15, -0.1) is 0 Å².